The summed E-state index contributed by atoms with van der Waals surface area (Å²) in [6.45, 7) is 18.0. The monoisotopic (exact) mass is 378 g/mol. The SMILES string of the molecule is CCNC(=NCC(C(C)C)N1CCOCC1)NCCCn1nc(C)cc1C. The molecule has 0 aliphatic carbocycles. The number of hydrogen-bond donors (Lipinski definition) is 2. The Morgan fingerprint density at radius 1 is 1.26 bits per heavy atom. The number of nitrogens with zero attached hydrogens (tertiary/aromatic N) is 4. The van der Waals surface area contributed by atoms with Crippen LogP contribution in [0.25, 0.3) is 0 Å². The third-order valence-corrected chi connectivity index (χ3v) is 5.01. The molecule has 1 aliphatic heterocycles. The van der Waals surface area contributed by atoms with E-state index in [0.29, 0.717) is 12.0 Å². The van der Waals surface area contributed by atoms with Gasteiger partial charge in [-0.05, 0) is 39.2 Å². The Morgan fingerprint density at radius 3 is 2.59 bits per heavy atom. The van der Waals surface area contributed by atoms with E-state index in [1.807, 2.05) is 6.92 Å². The van der Waals surface area contributed by atoms with Crippen molar-refractivity contribution in [2.24, 2.45) is 10.9 Å². The maximum absolute atomic E-state index is 5.50. The predicted molar refractivity (Wildman–Crippen MR) is 111 cm³/mol. The van der Waals surface area contributed by atoms with Crippen LogP contribution in [-0.4, -0.2) is 72.6 Å². The summed E-state index contributed by atoms with van der Waals surface area (Å²) < 4.78 is 7.57. The number of nitrogens with one attached hydrogen (secondary N) is 2. The van der Waals surface area contributed by atoms with Crippen LogP contribution in [0.15, 0.2) is 11.1 Å². The highest BCUT2D eigenvalue weighted by Crippen LogP contribution is 2.13. The molecule has 154 valence electrons. The van der Waals surface area contributed by atoms with Crippen LogP contribution in [0.1, 0.15) is 38.6 Å². The van der Waals surface area contributed by atoms with E-state index in [1.54, 1.807) is 0 Å². The van der Waals surface area contributed by atoms with Crippen molar-refractivity contribution in [1.29, 1.82) is 0 Å². The largest absolute Gasteiger partial charge is 0.379 e. The Bertz CT molecular complexity index is 577. The molecule has 0 aromatic carbocycles. The zero-order chi connectivity index (χ0) is 19.6. The molecular weight excluding hydrogens is 340 g/mol. The van der Waals surface area contributed by atoms with E-state index >= 15 is 0 Å². The minimum atomic E-state index is 0.457. The highest BCUT2D eigenvalue weighted by molar-refractivity contribution is 5.79. The lowest BCUT2D eigenvalue weighted by molar-refractivity contribution is 0.00867. The molecule has 1 aromatic heterocycles. The second-order valence-electron chi connectivity index (χ2n) is 7.61. The van der Waals surface area contributed by atoms with Gasteiger partial charge in [0.25, 0.3) is 0 Å². The zero-order valence-electron chi connectivity index (χ0n) is 17.8. The average molecular weight is 379 g/mol. The van der Waals surface area contributed by atoms with Crippen molar-refractivity contribution in [3.63, 3.8) is 0 Å². The Hall–Kier alpha value is -1.60. The fourth-order valence-corrected chi connectivity index (χ4v) is 3.52. The Kier molecular flexibility index (Phi) is 9.07. The lowest BCUT2D eigenvalue weighted by Gasteiger charge is -2.36. The first-order chi connectivity index (χ1) is 13.0. The highest BCUT2D eigenvalue weighted by atomic mass is 16.5. The smallest absolute Gasteiger partial charge is 0.191 e. The van der Waals surface area contributed by atoms with Gasteiger partial charge in [0.1, 0.15) is 0 Å². The van der Waals surface area contributed by atoms with Gasteiger partial charge in [0.15, 0.2) is 5.96 Å². The van der Waals surface area contributed by atoms with E-state index < -0.39 is 0 Å². The van der Waals surface area contributed by atoms with Crippen molar-refractivity contribution >= 4 is 5.96 Å². The van der Waals surface area contributed by atoms with E-state index in [0.717, 1.165) is 70.6 Å². The van der Waals surface area contributed by atoms with Gasteiger partial charge in [-0.2, -0.15) is 5.10 Å². The standard InChI is InChI=1S/C20H38N6O/c1-6-21-20(22-8-7-9-26-18(5)14-17(4)24-26)23-15-19(16(2)3)25-10-12-27-13-11-25/h14,16,19H,6-13,15H2,1-5H3,(H2,21,22,23). The average Bonchev–Trinajstić information content (AvgIpc) is 2.96. The maximum atomic E-state index is 5.50. The van der Waals surface area contributed by atoms with Crippen LogP contribution in [0.2, 0.25) is 0 Å². The maximum Gasteiger partial charge on any atom is 0.191 e. The summed E-state index contributed by atoms with van der Waals surface area (Å²) in [5.41, 5.74) is 2.30. The van der Waals surface area contributed by atoms with E-state index in [-0.39, 0.29) is 0 Å². The molecule has 2 N–H and O–H groups in total. The van der Waals surface area contributed by atoms with Crippen molar-refractivity contribution in [1.82, 2.24) is 25.3 Å². The quantitative estimate of drug-likeness (QED) is 0.390. The Labute approximate surface area is 164 Å². The van der Waals surface area contributed by atoms with Gasteiger partial charge in [0.05, 0.1) is 25.5 Å². The number of guanidine groups is 1. The number of ether oxygens (including phenoxy) is 1. The molecule has 0 spiro atoms. The van der Waals surface area contributed by atoms with Gasteiger partial charge in [-0.15, -0.1) is 0 Å². The van der Waals surface area contributed by atoms with Gasteiger partial charge in [-0.25, -0.2) is 0 Å². The molecule has 1 aliphatic rings. The number of aliphatic imine (C=N–C) groups is 1. The Morgan fingerprint density at radius 2 is 2.00 bits per heavy atom. The highest BCUT2D eigenvalue weighted by Gasteiger charge is 2.23. The summed E-state index contributed by atoms with van der Waals surface area (Å²) in [6, 6.07) is 2.58. The summed E-state index contributed by atoms with van der Waals surface area (Å²) in [7, 11) is 0. The molecule has 0 bridgehead atoms. The number of hydrogen-bond acceptors (Lipinski definition) is 4. The molecule has 1 fully saturated rings. The normalized spacial score (nSPS) is 17.3. The fraction of sp³-hybridized carbons (Fsp3) is 0.800. The second kappa shape index (κ2) is 11.3. The molecule has 0 amide bonds. The summed E-state index contributed by atoms with van der Waals surface area (Å²) in [5.74, 6) is 1.48. The van der Waals surface area contributed by atoms with Gasteiger partial charge in [-0.3, -0.25) is 14.6 Å². The third-order valence-electron chi connectivity index (χ3n) is 5.01. The first kappa shape index (κ1) is 21.7. The van der Waals surface area contributed by atoms with E-state index in [4.69, 9.17) is 9.73 Å². The second-order valence-corrected chi connectivity index (χ2v) is 7.61. The molecule has 1 atom stereocenters. The first-order valence-electron chi connectivity index (χ1n) is 10.4. The Balaban J connectivity index is 1.83. The summed E-state index contributed by atoms with van der Waals surface area (Å²) in [4.78, 5) is 7.38. The lowest BCUT2D eigenvalue weighted by atomic mass is 10.0. The van der Waals surface area contributed by atoms with Crippen molar-refractivity contribution in [3.05, 3.63) is 17.5 Å². The van der Waals surface area contributed by atoms with Crippen LogP contribution < -0.4 is 10.6 Å². The minimum Gasteiger partial charge on any atom is -0.379 e. The molecule has 27 heavy (non-hydrogen) atoms. The number of rotatable bonds is 9. The third kappa shape index (κ3) is 7.14. The molecule has 1 saturated heterocycles. The van der Waals surface area contributed by atoms with Gasteiger partial charge in [-0.1, -0.05) is 13.8 Å². The van der Waals surface area contributed by atoms with Crippen LogP contribution in [-0.2, 0) is 11.3 Å². The van der Waals surface area contributed by atoms with Crippen LogP contribution in [0.3, 0.4) is 0 Å². The zero-order valence-corrected chi connectivity index (χ0v) is 17.8. The molecule has 1 unspecified atom stereocenters. The predicted octanol–water partition coefficient (Wildman–Crippen LogP) is 1.80. The van der Waals surface area contributed by atoms with Gasteiger partial charge in [0, 0.05) is 44.5 Å². The topological polar surface area (TPSA) is 66.7 Å². The molecule has 7 nitrogen and oxygen atoms in total. The van der Waals surface area contributed by atoms with Crippen LogP contribution in [0.4, 0.5) is 0 Å². The van der Waals surface area contributed by atoms with Gasteiger partial charge >= 0.3 is 0 Å². The molecule has 2 rings (SSSR count). The van der Waals surface area contributed by atoms with E-state index in [2.05, 4.69) is 59.1 Å². The first-order valence-corrected chi connectivity index (χ1v) is 10.4. The number of morpholine rings is 1. The molecular formula is C20H38N6O. The number of aromatic nitrogens is 2. The summed E-state index contributed by atoms with van der Waals surface area (Å²) in [5, 5.41) is 11.4. The van der Waals surface area contributed by atoms with Crippen LogP contribution >= 0.6 is 0 Å². The van der Waals surface area contributed by atoms with Crippen molar-refractivity contribution in [2.75, 3.05) is 45.9 Å². The van der Waals surface area contributed by atoms with Gasteiger partial charge in [0.2, 0.25) is 0 Å². The van der Waals surface area contributed by atoms with Crippen molar-refractivity contribution in [3.8, 4) is 0 Å². The van der Waals surface area contributed by atoms with Crippen LogP contribution in [0, 0.1) is 19.8 Å². The van der Waals surface area contributed by atoms with Crippen LogP contribution in [0.5, 0.6) is 0 Å². The van der Waals surface area contributed by atoms with E-state index in [9.17, 15) is 0 Å². The van der Waals surface area contributed by atoms with Crippen molar-refractivity contribution in [2.45, 2.75) is 53.6 Å². The molecule has 7 heteroatoms. The lowest BCUT2D eigenvalue weighted by Crippen LogP contribution is -2.48. The van der Waals surface area contributed by atoms with E-state index in [1.165, 1.54) is 5.69 Å². The molecule has 1 aromatic rings. The summed E-state index contributed by atoms with van der Waals surface area (Å²) >= 11 is 0. The molecule has 2 heterocycles. The van der Waals surface area contributed by atoms with Crippen molar-refractivity contribution < 1.29 is 4.74 Å². The summed E-state index contributed by atoms with van der Waals surface area (Å²) in [6.07, 6.45) is 1.02. The van der Waals surface area contributed by atoms with Gasteiger partial charge < -0.3 is 15.4 Å². The molecule has 0 radical (unpaired) electrons. The fourth-order valence-electron chi connectivity index (χ4n) is 3.52. The number of aryl methyl sites for hydroxylation is 3. The molecule has 0 saturated carbocycles. The minimum absolute atomic E-state index is 0.457.